The van der Waals surface area contributed by atoms with E-state index in [1.165, 1.54) is 20.5 Å². The minimum Gasteiger partial charge on any atom is -0.136 e. The molecule has 0 nitrogen and oxygen atoms in total. The lowest BCUT2D eigenvalue weighted by molar-refractivity contribution is 1.25. The van der Waals surface area contributed by atoms with Gasteiger partial charge < -0.3 is 0 Å². The second-order valence-electron chi connectivity index (χ2n) is 3.75. The van der Waals surface area contributed by atoms with E-state index in [-0.39, 0.29) is 0 Å². The Kier molecular flexibility index (Phi) is 2.18. The van der Waals surface area contributed by atoms with Crippen molar-refractivity contribution in [2.45, 2.75) is 12.8 Å². The number of hydrogen-bond acceptors (Lipinski definition) is 1. The third-order valence-corrected chi connectivity index (χ3v) is 3.94. The Morgan fingerprint density at radius 1 is 1.00 bits per heavy atom. The molecule has 0 amide bonds. The Morgan fingerprint density at radius 3 is 2.93 bits per heavy atom. The largest absolute Gasteiger partial charge is 0.136 e. The minimum atomic E-state index is 1.06. The van der Waals surface area contributed by atoms with Crippen LogP contribution in [0.3, 0.4) is 0 Å². The van der Waals surface area contributed by atoms with Crippen molar-refractivity contribution in [2.24, 2.45) is 0 Å². The molecule has 0 saturated carbocycles. The van der Waals surface area contributed by atoms with Crippen LogP contribution in [-0.4, -0.2) is 0 Å². The monoisotopic (exact) mass is 212 g/mol. The molecule has 15 heavy (non-hydrogen) atoms. The van der Waals surface area contributed by atoms with Gasteiger partial charge in [0.15, 0.2) is 0 Å². The van der Waals surface area contributed by atoms with Crippen molar-refractivity contribution in [3.05, 3.63) is 52.9 Å². The lowest BCUT2D eigenvalue weighted by Crippen LogP contribution is -1.83. The maximum Gasteiger partial charge on any atom is 0.0352 e. The molecule has 0 radical (unpaired) electrons. The molecule has 1 aromatic heterocycles. The van der Waals surface area contributed by atoms with Gasteiger partial charge in [-0.25, -0.2) is 0 Å². The first-order chi connectivity index (χ1) is 7.45. The number of benzene rings is 1. The quantitative estimate of drug-likeness (QED) is 0.567. The number of thiophene rings is 1. The standard InChI is InChI=1S/C14H12S/c1-2-4-9-13-11(7-3-1)12-8-5-6-10-14(12)15-13/h1,3-6,8-10H,2,7H2/b3-1-,9-4-. The highest BCUT2D eigenvalue weighted by molar-refractivity contribution is 7.20. The van der Waals surface area contributed by atoms with Crippen LogP contribution in [0.5, 0.6) is 0 Å². The van der Waals surface area contributed by atoms with Crippen molar-refractivity contribution in [1.82, 2.24) is 0 Å². The molecule has 1 aliphatic carbocycles. The molecule has 2 aromatic rings. The Bertz CT molecular complexity index is 543. The molecule has 0 aliphatic heterocycles. The molecular formula is C14H12S. The number of allylic oxidation sites excluding steroid dienone is 3. The predicted octanol–water partition coefficient (Wildman–Crippen LogP) is 4.42. The second-order valence-corrected chi connectivity index (χ2v) is 4.84. The Balaban J connectivity index is 2.30. The molecule has 0 spiro atoms. The lowest BCUT2D eigenvalue weighted by Gasteiger charge is -1.99. The maximum absolute atomic E-state index is 2.28. The van der Waals surface area contributed by atoms with Crippen LogP contribution in [0.1, 0.15) is 16.9 Å². The summed E-state index contributed by atoms with van der Waals surface area (Å²) in [4.78, 5) is 1.43. The van der Waals surface area contributed by atoms with Crippen LogP contribution in [-0.2, 0) is 6.42 Å². The normalized spacial score (nSPS) is 19.2. The van der Waals surface area contributed by atoms with Crippen LogP contribution in [0.2, 0.25) is 0 Å². The number of rotatable bonds is 0. The summed E-state index contributed by atoms with van der Waals surface area (Å²) in [5.41, 5.74) is 1.49. The predicted molar refractivity (Wildman–Crippen MR) is 68.3 cm³/mol. The fourth-order valence-corrected chi connectivity index (χ4v) is 3.18. The highest BCUT2D eigenvalue weighted by Crippen LogP contribution is 2.33. The summed E-state index contributed by atoms with van der Waals surface area (Å²) in [6.45, 7) is 0. The molecular weight excluding hydrogens is 200 g/mol. The van der Waals surface area contributed by atoms with E-state index in [0.717, 1.165) is 12.8 Å². The van der Waals surface area contributed by atoms with Crippen LogP contribution in [0.25, 0.3) is 16.2 Å². The zero-order valence-electron chi connectivity index (χ0n) is 8.44. The fourth-order valence-electron chi connectivity index (χ4n) is 2.01. The number of fused-ring (bicyclic) bond motifs is 3. The number of hydrogen-bond donors (Lipinski definition) is 0. The summed E-state index contributed by atoms with van der Waals surface area (Å²) in [7, 11) is 0. The molecule has 3 rings (SSSR count). The molecule has 0 unspecified atom stereocenters. The van der Waals surface area contributed by atoms with Crippen LogP contribution in [0, 0.1) is 0 Å². The first-order valence-electron chi connectivity index (χ1n) is 5.27. The van der Waals surface area contributed by atoms with Gasteiger partial charge in [0.25, 0.3) is 0 Å². The summed E-state index contributed by atoms with van der Waals surface area (Å²) < 4.78 is 1.41. The van der Waals surface area contributed by atoms with Gasteiger partial charge in [0.2, 0.25) is 0 Å². The average molecular weight is 212 g/mol. The van der Waals surface area contributed by atoms with Gasteiger partial charge in [-0.05, 0) is 35.9 Å². The van der Waals surface area contributed by atoms with E-state index in [9.17, 15) is 0 Å². The minimum absolute atomic E-state index is 1.06. The van der Waals surface area contributed by atoms with Crippen molar-refractivity contribution < 1.29 is 0 Å². The molecule has 0 N–H and O–H groups in total. The first-order valence-corrected chi connectivity index (χ1v) is 6.09. The van der Waals surface area contributed by atoms with E-state index in [1.54, 1.807) is 0 Å². The van der Waals surface area contributed by atoms with Crippen molar-refractivity contribution in [3.63, 3.8) is 0 Å². The Hall–Kier alpha value is -1.34. The lowest BCUT2D eigenvalue weighted by atomic mass is 10.1. The third kappa shape index (κ3) is 1.53. The first kappa shape index (κ1) is 8.93. The van der Waals surface area contributed by atoms with Crippen LogP contribution >= 0.6 is 11.3 Å². The summed E-state index contributed by atoms with van der Waals surface area (Å²) in [6, 6.07) is 8.68. The summed E-state index contributed by atoms with van der Waals surface area (Å²) in [6.07, 6.45) is 11.2. The Morgan fingerprint density at radius 2 is 1.93 bits per heavy atom. The molecule has 74 valence electrons. The van der Waals surface area contributed by atoms with Crippen molar-refractivity contribution in [2.75, 3.05) is 0 Å². The van der Waals surface area contributed by atoms with Gasteiger partial charge in [0, 0.05) is 9.58 Å². The van der Waals surface area contributed by atoms with E-state index in [2.05, 4.69) is 48.6 Å². The smallest absolute Gasteiger partial charge is 0.0352 e. The highest BCUT2D eigenvalue weighted by Gasteiger charge is 2.08. The van der Waals surface area contributed by atoms with E-state index in [1.807, 2.05) is 11.3 Å². The molecule has 1 aliphatic rings. The van der Waals surface area contributed by atoms with Gasteiger partial charge in [-0.15, -0.1) is 11.3 Å². The van der Waals surface area contributed by atoms with Crippen LogP contribution in [0.4, 0.5) is 0 Å². The Labute approximate surface area is 93.6 Å². The van der Waals surface area contributed by atoms with E-state index in [0.29, 0.717) is 0 Å². The third-order valence-electron chi connectivity index (χ3n) is 2.76. The second kappa shape index (κ2) is 3.67. The average Bonchev–Trinajstić information content (AvgIpc) is 2.55. The maximum atomic E-state index is 2.28. The van der Waals surface area contributed by atoms with Gasteiger partial charge >= 0.3 is 0 Å². The SMILES string of the molecule is C1=C\Cc2c(sc3ccccc23)/C=C\C/1. The van der Waals surface area contributed by atoms with Crippen molar-refractivity contribution >= 4 is 27.5 Å². The molecule has 0 saturated heterocycles. The zero-order valence-corrected chi connectivity index (χ0v) is 9.26. The summed E-state index contributed by atoms with van der Waals surface area (Å²) in [5, 5.41) is 1.42. The van der Waals surface area contributed by atoms with Gasteiger partial charge in [-0.2, -0.15) is 0 Å². The topological polar surface area (TPSA) is 0 Å². The van der Waals surface area contributed by atoms with Gasteiger partial charge in [0.05, 0.1) is 0 Å². The zero-order chi connectivity index (χ0) is 10.1. The van der Waals surface area contributed by atoms with Crippen molar-refractivity contribution in [1.29, 1.82) is 0 Å². The highest BCUT2D eigenvalue weighted by atomic mass is 32.1. The molecule has 0 fully saturated rings. The summed E-state index contributed by atoms with van der Waals surface area (Å²) in [5.74, 6) is 0. The molecule has 0 atom stereocenters. The molecule has 0 bridgehead atoms. The molecule has 1 heterocycles. The molecule has 1 aromatic carbocycles. The summed E-state index contributed by atoms with van der Waals surface area (Å²) >= 11 is 1.90. The van der Waals surface area contributed by atoms with E-state index < -0.39 is 0 Å². The van der Waals surface area contributed by atoms with Gasteiger partial charge in [-0.1, -0.05) is 36.4 Å². The van der Waals surface area contributed by atoms with E-state index in [4.69, 9.17) is 0 Å². The van der Waals surface area contributed by atoms with Crippen LogP contribution < -0.4 is 0 Å². The fraction of sp³-hybridized carbons (Fsp3) is 0.143. The van der Waals surface area contributed by atoms with Gasteiger partial charge in [0.1, 0.15) is 0 Å². The van der Waals surface area contributed by atoms with E-state index >= 15 is 0 Å². The van der Waals surface area contributed by atoms with Crippen molar-refractivity contribution in [3.8, 4) is 0 Å². The van der Waals surface area contributed by atoms with Gasteiger partial charge in [-0.3, -0.25) is 0 Å². The van der Waals surface area contributed by atoms with Crippen LogP contribution in [0.15, 0.2) is 42.5 Å². The molecule has 1 heteroatoms.